The monoisotopic (exact) mass is 377 g/mol. The van der Waals surface area contributed by atoms with Crippen LogP contribution in [-0.2, 0) is 4.79 Å². The average molecular weight is 377 g/mol. The average Bonchev–Trinajstić information content (AvgIpc) is 2.73. The number of nitro benzene ring substituents is 1. The molecule has 0 N–H and O–H groups in total. The van der Waals surface area contributed by atoms with Gasteiger partial charge >= 0.3 is 0 Å². The van der Waals surface area contributed by atoms with Crippen LogP contribution in [0, 0.1) is 10.1 Å². The van der Waals surface area contributed by atoms with Gasteiger partial charge in [-0.1, -0.05) is 54.6 Å². The van der Waals surface area contributed by atoms with E-state index in [9.17, 15) is 14.9 Å². The fourth-order valence-corrected chi connectivity index (χ4v) is 3.07. The van der Waals surface area contributed by atoms with Crippen molar-refractivity contribution in [3.05, 3.63) is 88.0 Å². The zero-order valence-electron chi connectivity index (χ0n) is 15.6. The number of carbonyl (C=O) groups excluding carboxylic acids is 1. The van der Waals surface area contributed by atoms with Crippen LogP contribution in [0.25, 0.3) is 12.2 Å². The van der Waals surface area contributed by atoms with Gasteiger partial charge in [0.15, 0.2) is 0 Å². The summed E-state index contributed by atoms with van der Waals surface area (Å²) in [7, 11) is 0. The van der Waals surface area contributed by atoms with Crippen LogP contribution in [0.15, 0.2) is 66.7 Å². The third-order valence-corrected chi connectivity index (χ3v) is 4.66. The number of amides is 1. The first-order chi connectivity index (χ1) is 13.6. The molecule has 0 aliphatic carbocycles. The van der Waals surface area contributed by atoms with Gasteiger partial charge in [0.25, 0.3) is 5.69 Å². The highest BCUT2D eigenvalue weighted by atomic mass is 16.6. The Labute approximate surface area is 164 Å². The van der Waals surface area contributed by atoms with Gasteiger partial charge in [-0.05, 0) is 17.2 Å². The van der Waals surface area contributed by atoms with E-state index in [-0.39, 0.29) is 11.6 Å². The van der Waals surface area contributed by atoms with E-state index in [1.165, 1.54) is 23.8 Å². The predicted octanol–water partition coefficient (Wildman–Crippen LogP) is 3.47. The van der Waals surface area contributed by atoms with E-state index in [2.05, 4.69) is 29.2 Å². The highest BCUT2D eigenvalue weighted by molar-refractivity contribution is 5.91. The van der Waals surface area contributed by atoms with Crippen molar-refractivity contribution in [1.82, 2.24) is 9.80 Å². The second kappa shape index (κ2) is 9.62. The van der Waals surface area contributed by atoms with Gasteiger partial charge in [0.1, 0.15) is 0 Å². The second-order valence-corrected chi connectivity index (χ2v) is 6.62. The van der Waals surface area contributed by atoms with Gasteiger partial charge < -0.3 is 4.90 Å². The zero-order valence-corrected chi connectivity index (χ0v) is 15.6. The lowest BCUT2D eigenvalue weighted by Gasteiger charge is -2.33. The van der Waals surface area contributed by atoms with Crippen molar-refractivity contribution in [3.63, 3.8) is 0 Å². The van der Waals surface area contributed by atoms with Gasteiger partial charge in [0.05, 0.1) is 4.92 Å². The van der Waals surface area contributed by atoms with Gasteiger partial charge in [-0.3, -0.25) is 19.8 Å². The summed E-state index contributed by atoms with van der Waals surface area (Å²) in [5.41, 5.74) is 1.85. The van der Waals surface area contributed by atoms with Crippen LogP contribution in [0.4, 0.5) is 5.69 Å². The van der Waals surface area contributed by atoms with Crippen LogP contribution in [0.1, 0.15) is 11.1 Å². The lowest BCUT2D eigenvalue weighted by molar-refractivity contribution is -0.384. The van der Waals surface area contributed by atoms with Crippen LogP contribution < -0.4 is 0 Å². The van der Waals surface area contributed by atoms with Gasteiger partial charge in [-0.25, -0.2) is 0 Å². The maximum atomic E-state index is 12.4. The summed E-state index contributed by atoms with van der Waals surface area (Å²) in [5.74, 6) is -0.0639. The molecule has 1 amide bonds. The molecule has 0 radical (unpaired) electrons. The molecule has 0 bridgehead atoms. The van der Waals surface area contributed by atoms with E-state index in [0.29, 0.717) is 18.7 Å². The van der Waals surface area contributed by atoms with Gasteiger partial charge in [0, 0.05) is 50.9 Å². The maximum absolute atomic E-state index is 12.4. The van der Waals surface area contributed by atoms with Gasteiger partial charge in [0.2, 0.25) is 5.91 Å². The molecule has 6 nitrogen and oxygen atoms in total. The number of nitrogens with zero attached hydrogens (tertiary/aromatic N) is 3. The summed E-state index contributed by atoms with van der Waals surface area (Å²) in [6.07, 6.45) is 7.38. The Kier molecular flexibility index (Phi) is 6.70. The van der Waals surface area contributed by atoms with Crippen LogP contribution in [0.3, 0.4) is 0 Å². The third kappa shape index (κ3) is 5.62. The van der Waals surface area contributed by atoms with Gasteiger partial charge in [-0.2, -0.15) is 0 Å². The van der Waals surface area contributed by atoms with E-state index in [0.717, 1.165) is 19.6 Å². The quantitative estimate of drug-likeness (QED) is 0.439. The van der Waals surface area contributed by atoms with Crippen LogP contribution in [0.2, 0.25) is 0 Å². The third-order valence-electron chi connectivity index (χ3n) is 4.66. The smallest absolute Gasteiger partial charge is 0.270 e. The molecule has 0 aromatic heterocycles. The number of rotatable bonds is 6. The van der Waals surface area contributed by atoms with Crippen LogP contribution in [0.5, 0.6) is 0 Å². The highest BCUT2D eigenvalue weighted by Gasteiger charge is 2.18. The Bertz CT molecular complexity index is 870. The van der Waals surface area contributed by atoms with E-state index >= 15 is 0 Å². The molecule has 1 aliphatic rings. The molecule has 0 saturated carbocycles. The van der Waals surface area contributed by atoms with Crippen molar-refractivity contribution < 1.29 is 9.72 Å². The minimum absolute atomic E-state index is 0.0202. The first-order valence-electron chi connectivity index (χ1n) is 9.27. The van der Waals surface area contributed by atoms with E-state index in [1.807, 2.05) is 23.1 Å². The number of non-ortho nitro benzene ring substituents is 1. The summed E-state index contributed by atoms with van der Waals surface area (Å²) < 4.78 is 0. The van der Waals surface area contributed by atoms with E-state index < -0.39 is 4.92 Å². The molecule has 1 fully saturated rings. The number of benzene rings is 2. The zero-order chi connectivity index (χ0) is 19.8. The van der Waals surface area contributed by atoms with Crippen molar-refractivity contribution >= 4 is 23.7 Å². The molecular weight excluding hydrogens is 354 g/mol. The fourth-order valence-electron chi connectivity index (χ4n) is 3.07. The van der Waals surface area contributed by atoms with E-state index in [4.69, 9.17) is 0 Å². The molecule has 2 aromatic rings. The van der Waals surface area contributed by atoms with Crippen molar-refractivity contribution in [1.29, 1.82) is 0 Å². The molecule has 2 aromatic carbocycles. The Balaban J connectivity index is 1.46. The standard InChI is InChI=1S/C22H23N3O3/c26-22(12-11-20-8-4-10-21(18-20)25(27)28)24-16-14-23(15-17-24)13-5-9-19-6-2-1-3-7-19/h1-12,18H,13-17H2. The molecular formula is C22H23N3O3. The largest absolute Gasteiger partial charge is 0.337 e. The van der Waals surface area contributed by atoms with Crippen molar-refractivity contribution in [3.8, 4) is 0 Å². The summed E-state index contributed by atoms with van der Waals surface area (Å²) in [6, 6.07) is 16.4. The summed E-state index contributed by atoms with van der Waals surface area (Å²) in [5, 5.41) is 10.8. The summed E-state index contributed by atoms with van der Waals surface area (Å²) in [4.78, 5) is 26.9. The molecule has 144 valence electrons. The first-order valence-corrected chi connectivity index (χ1v) is 9.27. The normalized spacial score (nSPS) is 15.4. The molecule has 6 heteroatoms. The number of hydrogen-bond donors (Lipinski definition) is 0. The summed E-state index contributed by atoms with van der Waals surface area (Å²) >= 11 is 0. The second-order valence-electron chi connectivity index (χ2n) is 6.62. The Morgan fingerprint density at radius 2 is 1.68 bits per heavy atom. The minimum Gasteiger partial charge on any atom is -0.337 e. The van der Waals surface area contributed by atoms with Crippen LogP contribution in [-0.4, -0.2) is 53.4 Å². The van der Waals surface area contributed by atoms with Crippen LogP contribution >= 0.6 is 0 Å². The van der Waals surface area contributed by atoms with Gasteiger partial charge in [-0.15, -0.1) is 0 Å². The minimum atomic E-state index is -0.440. The Hall–Kier alpha value is -3.25. The lowest BCUT2D eigenvalue weighted by Crippen LogP contribution is -2.48. The molecule has 28 heavy (non-hydrogen) atoms. The Morgan fingerprint density at radius 1 is 0.964 bits per heavy atom. The SMILES string of the molecule is O=C(C=Cc1cccc([N+](=O)[O-])c1)N1CCN(CC=Cc2ccccc2)CC1. The topological polar surface area (TPSA) is 66.7 Å². The summed E-state index contributed by atoms with van der Waals surface area (Å²) in [6.45, 7) is 3.88. The molecule has 1 heterocycles. The number of nitro groups is 1. The molecule has 0 unspecified atom stereocenters. The molecule has 3 rings (SSSR count). The highest BCUT2D eigenvalue weighted by Crippen LogP contribution is 2.14. The first kappa shape index (κ1) is 19.5. The number of carbonyl (C=O) groups is 1. The maximum Gasteiger partial charge on any atom is 0.270 e. The molecule has 0 spiro atoms. The molecule has 0 atom stereocenters. The van der Waals surface area contributed by atoms with E-state index in [1.54, 1.807) is 18.2 Å². The van der Waals surface area contributed by atoms with Crippen molar-refractivity contribution in [2.24, 2.45) is 0 Å². The van der Waals surface area contributed by atoms with Crippen molar-refractivity contribution in [2.45, 2.75) is 0 Å². The number of piperazine rings is 1. The van der Waals surface area contributed by atoms with Crippen molar-refractivity contribution in [2.75, 3.05) is 32.7 Å². The molecule has 1 saturated heterocycles. The Morgan fingerprint density at radius 3 is 2.39 bits per heavy atom. The molecule has 1 aliphatic heterocycles. The number of hydrogen-bond acceptors (Lipinski definition) is 4. The fraction of sp³-hybridized carbons (Fsp3) is 0.227. The predicted molar refractivity (Wildman–Crippen MR) is 111 cm³/mol. The lowest BCUT2D eigenvalue weighted by atomic mass is 10.2.